The molecule has 4 aromatic rings. The second-order valence-corrected chi connectivity index (χ2v) is 11.8. The number of hydrogen-bond acceptors (Lipinski definition) is 8. The smallest absolute Gasteiger partial charge is 0.419 e. The van der Waals surface area contributed by atoms with Crippen LogP contribution in [0.25, 0.3) is 21.8 Å². The van der Waals surface area contributed by atoms with Gasteiger partial charge in [0, 0.05) is 16.8 Å². The van der Waals surface area contributed by atoms with Crippen LogP contribution in [-0.4, -0.2) is 64.3 Å². The molecular formula is C30H35NO8S. The number of rotatable bonds is 12. The third-order valence-corrected chi connectivity index (χ3v) is 7.19. The minimum atomic E-state index is -3.80. The van der Waals surface area contributed by atoms with Crippen molar-refractivity contribution in [3.8, 4) is 5.75 Å². The maximum atomic E-state index is 13.0. The highest BCUT2D eigenvalue weighted by Gasteiger charge is 2.22. The molecule has 0 spiro atoms. The number of para-hydroxylation sites is 1. The van der Waals surface area contributed by atoms with Crippen molar-refractivity contribution in [2.45, 2.75) is 38.2 Å². The van der Waals surface area contributed by atoms with Gasteiger partial charge in [-0.15, -0.1) is 0 Å². The molecule has 0 radical (unpaired) electrons. The molecule has 0 saturated heterocycles. The Morgan fingerprint density at radius 2 is 1.40 bits per heavy atom. The molecule has 0 fully saturated rings. The van der Waals surface area contributed by atoms with E-state index >= 15 is 0 Å². The Hall–Kier alpha value is -3.44. The number of ether oxygens (including phenoxy) is 4. The van der Waals surface area contributed by atoms with Crippen molar-refractivity contribution in [1.29, 1.82) is 0 Å². The van der Waals surface area contributed by atoms with Gasteiger partial charge < -0.3 is 18.9 Å². The van der Waals surface area contributed by atoms with Crippen LogP contribution in [0.5, 0.6) is 5.75 Å². The molecule has 0 aliphatic carbocycles. The molecule has 0 unspecified atom stereocenters. The molecule has 1 aromatic heterocycles. The van der Waals surface area contributed by atoms with Gasteiger partial charge in [0.15, 0.2) is 0 Å². The molecule has 0 bridgehead atoms. The van der Waals surface area contributed by atoms with Crippen LogP contribution in [0.1, 0.15) is 26.3 Å². The van der Waals surface area contributed by atoms with Gasteiger partial charge in [0.1, 0.15) is 18.0 Å². The van der Waals surface area contributed by atoms with Gasteiger partial charge in [0.05, 0.1) is 49.0 Å². The van der Waals surface area contributed by atoms with Crippen molar-refractivity contribution in [3.63, 3.8) is 0 Å². The SMILES string of the molecule is Cc1ccc(S(=O)(=O)OCCOCCOCCOc2ccc3c4ccccc4n(C(=O)OC(C)(C)C)c3c2)cc1. The zero-order valence-corrected chi connectivity index (χ0v) is 24.0. The van der Waals surface area contributed by atoms with Gasteiger partial charge in [-0.2, -0.15) is 8.42 Å². The van der Waals surface area contributed by atoms with Crippen molar-refractivity contribution in [1.82, 2.24) is 4.57 Å². The predicted octanol–water partition coefficient (Wildman–Crippen LogP) is 5.70. The molecule has 0 atom stereocenters. The van der Waals surface area contributed by atoms with Crippen LogP contribution < -0.4 is 4.74 Å². The number of hydrogen-bond donors (Lipinski definition) is 0. The molecule has 9 nitrogen and oxygen atoms in total. The van der Waals surface area contributed by atoms with E-state index < -0.39 is 21.8 Å². The van der Waals surface area contributed by atoms with Crippen molar-refractivity contribution < 1.29 is 36.3 Å². The van der Waals surface area contributed by atoms with Crippen LogP contribution in [0.3, 0.4) is 0 Å². The fourth-order valence-corrected chi connectivity index (χ4v) is 4.95. The average Bonchev–Trinajstić information content (AvgIpc) is 3.23. The lowest BCUT2D eigenvalue weighted by atomic mass is 10.1. The summed E-state index contributed by atoms with van der Waals surface area (Å²) in [5.41, 5.74) is 1.81. The van der Waals surface area contributed by atoms with Gasteiger partial charge in [0.25, 0.3) is 10.1 Å². The standard InChI is InChI=1S/C30H35NO8S/c1-22-9-12-24(13-10-22)40(33,34)38-20-18-36-16-15-35-17-19-37-23-11-14-26-25-7-5-6-8-27(25)31(28(26)21-23)29(32)39-30(2,3)4/h5-14,21H,15-20H2,1-4H3. The zero-order chi connectivity index (χ0) is 28.8. The molecule has 0 aliphatic rings. The van der Waals surface area contributed by atoms with Gasteiger partial charge >= 0.3 is 6.09 Å². The molecular weight excluding hydrogens is 534 g/mol. The summed E-state index contributed by atoms with van der Waals surface area (Å²) in [4.78, 5) is 13.2. The average molecular weight is 570 g/mol. The van der Waals surface area contributed by atoms with Gasteiger partial charge in [-0.25, -0.2) is 9.36 Å². The monoisotopic (exact) mass is 569 g/mol. The summed E-state index contributed by atoms with van der Waals surface area (Å²) in [5, 5.41) is 1.88. The van der Waals surface area contributed by atoms with Crippen molar-refractivity contribution >= 4 is 38.0 Å². The normalized spacial score (nSPS) is 12.2. The summed E-state index contributed by atoms with van der Waals surface area (Å²) in [7, 11) is -3.80. The number of nitrogens with zero attached hydrogens (tertiary/aromatic N) is 1. The molecule has 0 aliphatic heterocycles. The lowest BCUT2D eigenvalue weighted by Gasteiger charge is -2.20. The fraction of sp³-hybridized carbons (Fsp3) is 0.367. The third kappa shape index (κ3) is 7.60. The first-order valence-corrected chi connectivity index (χ1v) is 14.5. The van der Waals surface area contributed by atoms with E-state index in [-0.39, 0.29) is 24.7 Å². The third-order valence-electron chi connectivity index (χ3n) is 5.87. The Kier molecular flexibility index (Phi) is 9.47. The number of carbonyl (C=O) groups is 1. The molecule has 1 heterocycles. The summed E-state index contributed by atoms with van der Waals surface area (Å²) >= 11 is 0. The van der Waals surface area contributed by atoms with E-state index in [1.807, 2.05) is 70.2 Å². The van der Waals surface area contributed by atoms with Crippen LogP contribution in [0, 0.1) is 6.92 Å². The summed E-state index contributed by atoms with van der Waals surface area (Å²) in [6.45, 7) is 8.67. The van der Waals surface area contributed by atoms with Gasteiger partial charge in [-0.3, -0.25) is 4.18 Å². The Balaban J connectivity index is 1.21. The number of carbonyl (C=O) groups excluding carboxylic acids is 1. The van der Waals surface area contributed by atoms with E-state index in [9.17, 15) is 13.2 Å². The van der Waals surface area contributed by atoms with E-state index in [1.165, 1.54) is 12.1 Å². The quantitative estimate of drug-likeness (QED) is 0.158. The molecule has 4 rings (SSSR count). The maximum absolute atomic E-state index is 13.0. The Bertz CT molecular complexity index is 1550. The lowest BCUT2D eigenvalue weighted by molar-refractivity contribution is 0.0279. The molecule has 3 aromatic carbocycles. The van der Waals surface area contributed by atoms with Crippen molar-refractivity contribution in [2.75, 3.05) is 39.6 Å². The number of aromatic nitrogens is 1. The summed E-state index contributed by atoms with van der Waals surface area (Å²) in [6, 6.07) is 19.8. The highest BCUT2D eigenvalue weighted by atomic mass is 32.2. The first-order valence-electron chi connectivity index (χ1n) is 13.1. The zero-order valence-electron chi connectivity index (χ0n) is 23.2. The van der Waals surface area contributed by atoms with Crippen molar-refractivity contribution in [3.05, 3.63) is 72.3 Å². The second kappa shape index (κ2) is 12.8. The maximum Gasteiger partial charge on any atom is 0.419 e. The minimum absolute atomic E-state index is 0.0815. The van der Waals surface area contributed by atoms with E-state index in [1.54, 1.807) is 16.7 Å². The van der Waals surface area contributed by atoms with E-state index in [4.69, 9.17) is 23.1 Å². The second-order valence-electron chi connectivity index (χ2n) is 10.2. The number of fused-ring (bicyclic) bond motifs is 3. The molecule has 0 saturated carbocycles. The van der Waals surface area contributed by atoms with Crippen LogP contribution in [-0.2, 0) is 28.5 Å². The molecule has 214 valence electrons. The van der Waals surface area contributed by atoms with E-state index in [0.29, 0.717) is 31.1 Å². The molecule has 0 amide bonds. The molecule has 10 heteroatoms. The van der Waals surface area contributed by atoms with Crippen LogP contribution in [0.15, 0.2) is 71.6 Å². The Morgan fingerprint density at radius 1 is 0.775 bits per heavy atom. The van der Waals surface area contributed by atoms with Gasteiger partial charge in [-0.05, 0) is 58.0 Å². The molecule has 40 heavy (non-hydrogen) atoms. The van der Waals surface area contributed by atoms with E-state index in [2.05, 4.69) is 0 Å². The Labute approximate surface area is 234 Å². The van der Waals surface area contributed by atoms with Crippen LogP contribution >= 0.6 is 0 Å². The first-order chi connectivity index (χ1) is 19.0. The lowest BCUT2D eigenvalue weighted by Crippen LogP contribution is -2.27. The summed E-state index contributed by atoms with van der Waals surface area (Å²) in [6.07, 6.45) is -0.447. The topological polar surface area (TPSA) is 102 Å². The Morgan fingerprint density at radius 3 is 2.10 bits per heavy atom. The number of benzene rings is 3. The van der Waals surface area contributed by atoms with Gasteiger partial charge in [-0.1, -0.05) is 35.9 Å². The van der Waals surface area contributed by atoms with Crippen LogP contribution in [0.2, 0.25) is 0 Å². The highest BCUT2D eigenvalue weighted by Crippen LogP contribution is 2.32. The van der Waals surface area contributed by atoms with Gasteiger partial charge in [0.2, 0.25) is 0 Å². The minimum Gasteiger partial charge on any atom is -0.491 e. The highest BCUT2D eigenvalue weighted by molar-refractivity contribution is 7.86. The predicted molar refractivity (Wildman–Crippen MR) is 153 cm³/mol. The summed E-state index contributed by atoms with van der Waals surface area (Å²) < 4.78 is 53.3. The summed E-state index contributed by atoms with van der Waals surface area (Å²) in [5.74, 6) is 0.604. The van der Waals surface area contributed by atoms with Crippen LogP contribution in [0.4, 0.5) is 4.79 Å². The fourth-order valence-electron chi connectivity index (χ4n) is 4.06. The largest absolute Gasteiger partial charge is 0.491 e. The van der Waals surface area contributed by atoms with E-state index in [0.717, 1.165) is 21.9 Å². The van der Waals surface area contributed by atoms with Crippen molar-refractivity contribution in [2.24, 2.45) is 0 Å². The first kappa shape index (κ1) is 29.5. The molecule has 0 N–H and O–H groups in total. The number of aryl methyl sites for hydroxylation is 1.